The smallest absolute Gasteiger partial charge is 0.227 e. The quantitative estimate of drug-likeness (QED) is 0.789. The molecule has 0 fully saturated rings. The third kappa shape index (κ3) is 2.45. The number of rotatable bonds is 3. The maximum atomic E-state index is 11.5. The van der Waals surface area contributed by atoms with Gasteiger partial charge < -0.3 is 5.73 Å². The van der Waals surface area contributed by atoms with Crippen LogP contribution in [0.15, 0.2) is 18.3 Å². The average Bonchev–Trinajstić information content (AvgIpc) is 2.18. The van der Waals surface area contributed by atoms with Gasteiger partial charge >= 0.3 is 0 Å². The van der Waals surface area contributed by atoms with E-state index < -0.39 is 0 Å². The number of hydrogen-bond donors (Lipinski definition) is 1. The van der Waals surface area contributed by atoms with E-state index in [1.54, 1.807) is 30.3 Å². The monoisotopic (exact) mass is 193 g/mol. The number of hydrogen-bond acceptors (Lipinski definition) is 3. The molecule has 1 heterocycles. The Morgan fingerprint density at radius 3 is 2.79 bits per heavy atom. The van der Waals surface area contributed by atoms with Crippen molar-refractivity contribution in [3.63, 3.8) is 0 Å². The summed E-state index contributed by atoms with van der Waals surface area (Å²) in [6.07, 6.45) is 2.94. The molecule has 0 aromatic carbocycles. The summed E-state index contributed by atoms with van der Waals surface area (Å²) in [6, 6.07) is 3.47. The standard InChI is InChI=1S/C10H15N3O/c1-3-4-10(14)13(2)9-6-5-8(11)7-12-9/h5-7H,3-4,11H2,1-2H3. The molecule has 4 nitrogen and oxygen atoms in total. The molecule has 0 bridgehead atoms. The Kier molecular flexibility index (Phi) is 3.45. The van der Waals surface area contributed by atoms with Crippen molar-refractivity contribution < 1.29 is 4.79 Å². The van der Waals surface area contributed by atoms with Crippen LogP contribution in [0.3, 0.4) is 0 Å². The highest BCUT2D eigenvalue weighted by atomic mass is 16.2. The molecule has 76 valence electrons. The van der Waals surface area contributed by atoms with Gasteiger partial charge in [-0.3, -0.25) is 9.69 Å². The second-order valence-electron chi connectivity index (χ2n) is 3.15. The van der Waals surface area contributed by atoms with Crippen LogP contribution in [0.4, 0.5) is 11.5 Å². The third-order valence-electron chi connectivity index (χ3n) is 1.95. The summed E-state index contributed by atoms with van der Waals surface area (Å²) in [6.45, 7) is 1.97. The van der Waals surface area contributed by atoms with Gasteiger partial charge in [-0.15, -0.1) is 0 Å². The highest BCUT2D eigenvalue weighted by molar-refractivity contribution is 5.91. The van der Waals surface area contributed by atoms with Gasteiger partial charge in [0.05, 0.1) is 11.9 Å². The second kappa shape index (κ2) is 4.60. The van der Waals surface area contributed by atoms with Gasteiger partial charge in [-0.1, -0.05) is 6.92 Å². The summed E-state index contributed by atoms with van der Waals surface area (Å²) in [5.74, 6) is 0.711. The van der Waals surface area contributed by atoms with Crippen LogP contribution >= 0.6 is 0 Å². The van der Waals surface area contributed by atoms with E-state index in [1.807, 2.05) is 6.92 Å². The fourth-order valence-corrected chi connectivity index (χ4v) is 1.11. The van der Waals surface area contributed by atoms with Gasteiger partial charge in [0.1, 0.15) is 5.82 Å². The summed E-state index contributed by atoms with van der Waals surface area (Å²) in [5, 5.41) is 0. The zero-order chi connectivity index (χ0) is 10.6. The fourth-order valence-electron chi connectivity index (χ4n) is 1.11. The Morgan fingerprint density at radius 2 is 2.29 bits per heavy atom. The largest absolute Gasteiger partial charge is 0.397 e. The molecule has 0 saturated carbocycles. The van der Waals surface area contributed by atoms with Gasteiger partial charge in [-0.05, 0) is 18.6 Å². The molecule has 0 aliphatic carbocycles. The van der Waals surface area contributed by atoms with Crippen molar-refractivity contribution in [1.29, 1.82) is 0 Å². The molecule has 0 atom stereocenters. The summed E-state index contributed by atoms with van der Waals surface area (Å²) < 4.78 is 0. The first kappa shape index (κ1) is 10.5. The third-order valence-corrected chi connectivity index (χ3v) is 1.95. The molecule has 1 amide bonds. The molecule has 1 aromatic heterocycles. The zero-order valence-corrected chi connectivity index (χ0v) is 8.53. The number of amides is 1. The Hall–Kier alpha value is -1.58. The number of carbonyl (C=O) groups excluding carboxylic acids is 1. The molecule has 0 radical (unpaired) electrons. The minimum absolute atomic E-state index is 0.0739. The van der Waals surface area contributed by atoms with Crippen LogP contribution in [0, 0.1) is 0 Å². The lowest BCUT2D eigenvalue weighted by atomic mass is 10.3. The highest BCUT2D eigenvalue weighted by Crippen LogP contribution is 2.11. The van der Waals surface area contributed by atoms with Gasteiger partial charge in [0, 0.05) is 13.5 Å². The Bertz CT molecular complexity index is 308. The minimum Gasteiger partial charge on any atom is -0.397 e. The first-order valence-corrected chi connectivity index (χ1v) is 4.63. The van der Waals surface area contributed by atoms with Crippen LogP contribution in [0.25, 0.3) is 0 Å². The van der Waals surface area contributed by atoms with Crippen molar-refractivity contribution in [2.24, 2.45) is 0 Å². The first-order chi connectivity index (χ1) is 6.65. The van der Waals surface area contributed by atoms with E-state index >= 15 is 0 Å². The van der Waals surface area contributed by atoms with E-state index in [0.29, 0.717) is 17.9 Å². The Labute approximate surface area is 83.7 Å². The normalized spacial score (nSPS) is 9.86. The van der Waals surface area contributed by atoms with Crippen LogP contribution in [0.2, 0.25) is 0 Å². The van der Waals surface area contributed by atoms with E-state index in [2.05, 4.69) is 4.98 Å². The number of carbonyl (C=O) groups is 1. The van der Waals surface area contributed by atoms with E-state index in [-0.39, 0.29) is 5.91 Å². The van der Waals surface area contributed by atoms with Crippen LogP contribution in [0.1, 0.15) is 19.8 Å². The number of aromatic nitrogens is 1. The molecule has 1 rings (SSSR count). The molecule has 1 aromatic rings. The molecule has 2 N–H and O–H groups in total. The molecule has 14 heavy (non-hydrogen) atoms. The van der Waals surface area contributed by atoms with E-state index in [4.69, 9.17) is 5.73 Å². The molecule has 0 saturated heterocycles. The summed E-state index contributed by atoms with van der Waals surface area (Å²) in [5.41, 5.74) is 6.10. The van der Waals surface area contributed by atoms with Crippen molar-refractivity contribution in [2.45, 2.75) is 19.8 Å². The SMILES string of the molecule is CCCC(=O)N(C)c1ccc(N)cn1. The zero-order valence-electron chi connectivity index (χ0n) is 8.53. The van der Waals surface area contributed by atoms with Crippen LogP contribution in [0.5, 0.6) is 0 Å². The molecule has 0 spiro atoms. The molecular formula is C10H15N3O. The van der Waals surface area contributed by atoms with Gasteiger partial charge in [0.25, 0.3) is 0 Å². The maximum absolute atomic E-state index is 11.5. The average molecular weight is 193 g/mol. The van der Waals surface area contributed by atoms with E-state index in [9.17, 15) is 4.79 Å². The molecule has 0 aliphatic rings. The van der Waals surface area contributed by atoms with Gasteiger partial charge in [0.15, 0.2) is 0 Å². The van der Waals surface area contributed by atoms with E-state index in [1.165, 1.54) is 0 Å². The molecule has 0 aliphatic heterocycles. The number of nitrogen functional groups attached to an aromatic ring is 1. The molecular weight excluding hydrogens is 178 g/mol. The van der Waals surface area contributed by atoms with Crippen molar-refractivity contribution in [1.82, 2.24) is 4.98 Å². The number of nitrogens with two attached hydrogens (primary N) is 1. The lowest BCUT2D eigenvalue weighted by Crippen LogP contribution is -2.26. The summed E-state index contributed by atoms with van der Waals surface area (Å²) >= 11 is 0. The number of nitrogens with zero attached hydrogens (tertiary/aromatic N) is 2. The Balaban J connectivity index is 2.73. The lowest BCUT2D eigenvalue weighted by Gasteiger charge is -2.15. The van der Waals surface area contributed by atoms with Crippen molar-refractivity contribution in [3.05, 3.63) is 18.3 Å². The van der Waals surface area contributed by atoms with Gasteiger partial charge in [0.2, 0.25) is 5.91 Å². The van der Waals surface area contributed by atoms with Crippen LogP contribution < -0.4 is 10.6 Å². The van der Waals surface area contributed by atoms with Crippen LogP contribution in [-0.4, -0.2) is 17.9 Å². The number of pyridine rings is 1. The summed E-state index contributed by atoms with van der Waals surface area (Å²) in [4.78, 5) is 17.1. The fraction of sp³-hybridized carbons (Fsp3) is 0.400. The first-order valence-electron chi connectivity index (χ1n) is 4.63. The van der Waals surface area contributed by atoms with Crippen molar-refractivity contribution >= 4 is 17.4 Å². The topological polar surface area (TPSA) is 59.2 Å². The minimum atomic E-state index is 0.0739. The van der Waals surface area contributed by atoms with Crippen LogP contribution in [-0.2, 0) is 4.79 Å². The maximum Gasteiger partial charge on any atom is 0.227 e. The van der Waals surface area contributed by atoms with E-state index in [0.717, 1.165) is 6.42 Å². The predicted molar refractivity (Wildman–Crippen MR) is 57.0 cm³/mol. The lowest BCUT2D eigenvalue weighted by molar-refractivity contribution is -0.118. The van der Waals surface area contributed by atoms with Crippen molar-refractivity contribution in [2.75, 3.05) is 17.7 Å². The summed E-state index contributed by atoms with van der Waals surface area (Å²) in [7, 11) is 1.72. The Morgan fingerprint density at radius 1 is 1.57 bits per heavy atom. The van der Waals surface area contributed by atoms with Gasteiger partial charge in [-0.25, -0.2) is 4.98 Å². The molecule has 4 heteroatoms. The second-order valence-corrected chi connectivity index (χ2v) is 3.15. The predicted octanol–water partition coefficient (Wildman–Crippen LogP) is 1.43. The van der Waals surface area contributed by atoms with Crippen molar-refractivity contribution in [3.8, 4) is 0 Å². The molecule has 0 unspecified atom stereocenters. The number of anilines is 2. The highest BCUT2D eigenvalue weighted by Gasteiger charge is 2.09. The van der Waals surface area contributed by atoms with Gasteiger partial charge in [-0.2, -0.15) is 0 Å².